The molecule has 0 aliphatic carbocycles. The van der Waals surface area contributed by atoms with Crippen molar-refractivity contribution < 1.29 is 4.52 Å². The summed E-state index contributed by atoms with van der Waals surface area (Å²) in [5.41, 5.74) is -0.254. The highest BCUT2D eigenvalue weighted by atomic mass is 79.9. The zero-order chi connectivity index (χ0) is 12.4. The van der Waals surface area contributed by atoms with Gasteiger partial charge in [0.25, 0.3) is 5.56 Å². The van der Waals surface area contributed by atoms with Crippen LogP contribution in [0.25, 0.3) is 0 Å². The molecule has 0 spiro atoms. The van der Waals surface area contributed by atoms with E-state index >= 15 is 0 Å². The largest absolute Gasteiger partial charge is 0.337 e. The van der Waals surface area contributed by atoms with Crippen LogP contribution >= 0.6 is 31.9 Å². The third-order valence-corrected chi connectivity index (χ3v) is 3.95. The quantitative estimate of drug-likeness (QED) is 0.830. The number of aryl methyl sites for hydroxylation is 1. The van der Waals surface area contributed by atoms with Crippen molar-refractivity contribution in [3.05, 3.63) is 37.2 Å². The molecule has 90 valence electrons. The van der Waals surface area contributed by atoms with E-state index < -0.39 is 0 Å². The summed E-state index contributed by atoms with van der Waals surface area (Å²) in [6.07, 6.45) is 2.22. The van der Waals surface area contributed by atoms with Gasteiger partial charge in [-0.15, -0.1) is 0 Å². The van der Waals surface area contributed by atoms with Crippen LogP contribution in [0.1, 0.15) is 18.6 Å². The summed E-state index contributed by atoms with van der Waals surface area (Å²) in [5, 5.41) is 7.72. The maximum atomic E-state index is 11.8. The molecule has 0 aliphatic heterocycles. The van der Waals surface area contributed by atoms with Gasteiger partial charge in [0, 0.05) is 6.42 Å². The predicted molar refractivity (Wildman–Crippen MR) is 66.7 cm³/mol. The number of halogens is 2. The Hall–Kier alpha value is -1.02. The third-order valence-electron chi connectivity index (χ3n) is 2.05. The van der Waals surface area contributed by atoms with Gasteiger partial charge in [-0.3, -0.25) is 4.79 Å². The molecule has 0 bridgehead atoms. The van der Waals surface area contributed by atoms with Gasteiger partial charge in [-0.2, -0.15) is 10.1 Å². The summed E-state index contributed by atoms with van der Waals surface area (Å²) in [5.74, 6) is 0.981. The van der Waals surface area contributed by atoms with Gasteiger partial charge in [0.15, 0.2) is 5.82 Å². The van der Waals surface area contributed by atoms with Crippen LogP contribution in [-0.2, 0) is 13.0 Å². The Morgan fingerprint density at radius 2 is 2.24 bits per heavy atom. The molecule has 0 aromatic carbocycles. The fourth-order valence-corrected chi connectivity index (χ4v) is 1.75. The minimum absolute atomic E-state index is 0.164. The Bertz CT molecular complexity index is 593. The topological polar surface area (TPSA) is 73.8 Å². The van der Waals surface area contributed by atoms with E-state index in [0.717, 1.165) is 0 Å². The molecule has 0 saturated heterocycles. The van der Waals surface area contributed by atoms with Gasteiger partial charge in [-0.25, -0.2) is 4.68 Å². The highest BCUT2D eigenvalue weighted by molar-refractivity contribution is 9.13. The van der Waals surface area contributed by atoms with Gasteiger partial charge in [-0.05, 0) is 31.9 Å². The molecule has 0 atom stereocenters. The minimum atomic E-state index is -0.254. The molecule has 0 N–H and O–H groups in total. The molecule has 17 heavy (non-hydrogen) atoms. The molecule has 0 radical (unpaired) electrons. The molecule has 0 unspecified atom stereocenters. The monoisotopic (exact) mass is 362 g/mol. The van der Waals surface area contributed by atoms with Crippen LogP contribution in [0.4, 0.5) is 0 Å². The Balaban J connectivity index is 2.30. The number of hydrogen-bond acceptors (Lipinski definition) is 5. The summed E-state index contributed by atoms with van der Waals surface area (Å²) in [7, 11) is 0. The van der Waals surface area contributed by atoms with Crippen molar-refractivity contribution in [2.45, 2.75) is 19.9 Å². The second-order valence-corrected chi connectivity index (χ2v) is 4.87. The Morgan fingerprint density at radius 3 is 2.88 bits per heavy atom. The fourth-order valence-electron chi connectivity index (χ4n) is 1.18. The van der Waals surface area contributed by atoms with Crippen molar-refractivity contribution in [1.82, 2.24) is 19.9 Å². The SMILES string of the molecule is CCc1noc(Cn2ncc(Br)c(Br)c2=O)n1. The van der Waals surface area contributed by atoms with Gasteiger partial charge in [0.05, 0.1) is 10.7 Å². The van der Waals surface area contributed by atoms with E-state index in [4.69, 9.17) is 4.52 Å². The summed E-state index contributed by atoms with van der Waals surface area (Å²) in [4.78, 5) is 15.9. The first kappa shape index (κ1) is 12.4. The lowest BCUT2D eigenvalue weighted by Gasteiger charge is -2.01. The zero-order valence-corrected chi connectivity index (χ0v) is 12.0. The molecule has 2 aromatic heterocycles. The lowest BCUT2D eigenvalue weighted by Crippen LogP contribution is -2.24. The van der Waals surface area contributed by atoms with Gasteiger partial charge in [0.1, 0.15) is 11.0 Å². The van der Waals surface area contributed by atoms with Crippen LogP contribution in [0.5, 0.6) is 0 Å². The maximum Gasteiger partial charge on any atom is 0.282 e. The summed E-state index contributed by atoms with van der Waals surface area (Å²) in [6, 6.07) is 0. The molecule has 6 nitrogen and oxygen atoms in total. The van der Waals surface area contributed by atoms with Gasteiger partial charge in [-0.1, -0.05) is 12.1 Å². The van der Waals surface area contributed by atoms with Crippen LogP contribution in [0.2, 0.25) is 0 Å². The van der Waals surface area contributed by atoms with Gasteiger partial charge in [0.2, 0.25) is 5.89 Å². The van der Waals surface area contributed by atoms with E-state index in [1.54, 1.807) is 0 Å². The first-order valence-corrected chi connectivity index (χ1v) is 6.43. The average Bonchev–Trinajstić information content (AvgIpc) is 2.78. The molecule has 0 amide bonds. The highest BCUT2D eigenvalue weighted by Crippen LogP contribution is 2.16. The number of aromatic nitrogens is 4. The van der Waals surface area contributed by atoms with Crippen molar-refractivity contribution in [2.24, 2.45) is 0 Å². The highest BCUT2D eigenvalue weighted by Gasteiger charge is 2.10. The van der Waals surface area contributed by atoms with Crippen molar-refractivity contribution in [1.29, 1.82) is 0 Å². The fraction of sp³-hybridized carbons (Fsp3) is 0.333. The molecule has 0 aliphatic rings. The molecular formula is C9H8Br2N4O2. The molecule has 0 fully saturated rings. The summed E-state index contributed by atoms with van der Waals surface area (Å²) >= 11 is 6.38. The smallest absolute Gasteiger partial charge is 0.282 e. The van der Waals surface area contributed by atoms with Crippen molar-refractivity contribution >= 4 is 31.9 Å². The minimum Gasteiger partial charge on any atom is -0.337 e. The van der Waals surface area contributed by atoms with Crippen LogP contribution in [0.3, 0.4) is 0 Å². The van der Waals surface area contributed by atoms with Gasteiger partial charge >= 0.3 is 0 Å². The second kappa shape index (κ2) is 5.09. The van der Waals surface area contributed by atoms with E-state index in [2.05, 4.69) is 47.1 Å². The Kier molecular flexibility index (Phi) is 3.72. The second-order valence-electron chi connectivity index (χ2n) is 3.23. The third kappa shape index (κ3) is 2.63. The maximum absolute atomic E-state index is 11.8. The standard InChI is InChI=1S/C9H8Br2N4O2/c1-2-6-13-7(17-14-6)4-15-9(16)8(11)5(10)3-12-15/h3H,2,4H2,1H3. The van der Waals surface area contributed by atoms with Crippen LogP contribution in [-0.4, -0.2) is 19.9 Å². The average molecular weight is 364 g/mol. The lowest BCUT2D eigenvalue weighted by atomic mass is 10.5. The summed E-state index contributed by atoms with van der Waals surface area (Å²) < 4.78 is 7.28. The summed E-state index contributed by atoms with van der Waals surface area (Å²) in [6.45, 7) is 2.09. The van der Waals surface area contributed by atoms with E-state index in [1.807, 2.05) is 6.92 Å². The zero-order valence-electron chi connectivity index (χ0n) is 8.85. The van der Waals surface area contributed by atoms with E-state index in [9.17, 15) is 4.79 Å². The van der Waals surface area contributed by atoms with Crippen molar-refractivity contribution in [3.63, 3.8) is 0 Å². The van der Waals surface area contributed by atoms with Crippen LogP contribution in [0.15, 0.2) is 24.5 Å². The molecule has 2 heterocycles. The molecule has 0 saturated carbocycles. The van der Waals surface area contributed by atoms with Crippen LogP contribution < -0.4 is 5.56 Å². The molecule has 2 rings (SSSR count). The molecule has 8 heteroatoms. The number of rotatable bonds is 3. The molecular weight excluding hydrogens is 356 g/mol. The van der Waals surface area contributed by atoms with E-state index in [-0.39, 0.29) is 12.1 Å². The Morgan fingerprint density at radius 1 is 1.47 bits per heavy atom. The number of hydrogen-bond donors (Lipinski definition) is 0. The Labute approximate surface area is 113 Å². The lowest BCUT2D eigenvalue weighted by molar-refractivity contribution is 0.358. The first-order chi connectivity index (χ1) is 8.11. The van der Waals surface area contributed by atoms with Gasteiger partial charge < -0.3 is 4.52 Å². The first-order valence-electron chi connectivity index (χ1n) is 4.84. The molecule has 2 aromatic rings. The van der Waals surface area contributed by atoms with E-state index in [0.29, 0.717) is 27.1 Å². The number of nitrogens with zero attached hydrogens (tertiary/aromatic N) is 4. The predicted octanol–water partition coefficient (Wildman–Crippen LogP) is 1.76. The van der Waals surface area contributed by atoms with Crippen molar-refractivity contribution in [3.8, 4) is 0 Å². The van der Waals surface area contributed by atoms with E-state index in [1.165, 1.54) is 10.9 Å². The van der Waals surface area contributed by atoms with Crippen LogP contribution in [0, 0.1) is 0 Å². The normalized spacial score (nSPS) is 10.8. The van der Waals surface area contributed by atoms with Crippen molar-refractivity contribution in [2.75, 3.05) is 0 Å².